The Kier molecular flexibility index (Phi) is 6.51. The van der Waals surface area contributed by atoms with Crippen molar-refractivity contribution in [2.45, 2.75) is 22.6 Å². The van der Waals surface area contributed by atoms with Crippen LogP contribution in [0.2, 0.25) is 0 Å². The van der Waals surface area contributed by atoms with Gasteiger partial charge in [0.15, 0.2) is 0 Å². The summed E-state index contributed by atoms with van der Waals surface area (Å²) in [4.78, 5) is 4.31. The highest BCUT2D eigenvalue weighted by Gasteiger charge is 2.30. The van der Waals surface area contributed by atoms with Gasteiger partial charge < -0.3 is 0 Å². The van der Waals surface area contributed by atoms with Crippen LogP contribution >= 0.6 is 10.0 Å². The second kappa shape index (κ2) is 9.26. The normalized spacial score (nSPS) is 15.3. The second-order valence-corrected chi connectivity index (χ2v) is 9.39. The Morgan fingerprint density at radius 3 is 2.00 bits per heavy atom. The number of hydrogen-bond acceptors (Lipinski definition) is 0. The van der Waals surface area contributed by atoms with Crippen LogP contribution in [0.5, 0.6) is 0 Å². The van der Waals surface area contributed by atoms with E-state index in [4.69, 9.17) is 0 Å². The highest BCUT2D eigenvalue weighted by molar-refractivity contribution is 8.37. The summed E-state index contributed by atoms with van der Waals surface area (Å²) >= 11 is 0. The van der Waals surface area contributed by atoms with Crippen molar-refractivity contribution in [3.8, 4) is 0 Å². The Hall–Kier alpha value is -2.51. The largest absolute Gasteiger partial charge is 0.157 e. The Balaban J connectivity index is 2.15. The molecule has 0 radical (unpaired) electrons. The molecule has 132 valence electrons. The maximum atomic E-state index is 3.74. The molecule has 0 aromatic heterocycles. The van der Waals surface area contributed by atoms with Crippen LogP contribution < -0.4 is 0 Å². The molecule has 0 unspecified atom stereocenters. The summed E-state index contributed by atoms with van der Waals surface area (Å²) in [5.74, 6) is 0.999. The van der Waals surface area contributed by atoms with Crippen LogP contribution in [-0.4, -0.2) is 5.75 Å². The molecule has 2 aromatic carbocycles. The molecule has 0 amide bonds. The minimum absolute atomic E-state index is 0.999. The minimum atomic E-state index is -1.32. The molecule has 0 spiro atoms. The molecule has 0 heterocycles. The van der Waals surface area contributed by atoms with Crippen molar-refractivity contribution >= 4 is 10.0 Å². The van der Waals surface area contributed by atoms with Crippen molar-refractivity contribution in [3.05, 3.63) is 121 Å². The maximum absolute atomic E-state index is 3.74. The average Bonchev–Trinajstić information content (AvgIpc) is 2.73. The van der Waals surface area contributed by atoms with Gasteiger partial charge in [-0.15, -0.1) is 0 Å². The van der Waals surface area contributed by atoms with Gasteiger partial charge in [0.2, 0.25) is 0 Å². The lowest BCUT2D eigenvalue weighted by molar-refractivity contribution is 1.03. The van der Waals surface area contributed by atoms with Crippen molar-refractivity contribution in [1.29, 1.82) is 0 Å². The van der Waals surface area contributed by atoms with Crippen molar-refractivity contribution in [3.63, 3.8) is 0 Å². The summed E-state index contributed by atoms with van der Waals surface area (Å²) in [7, 11) is -1.32. The van der Waals surface area contributed by atoms with Gasteiger partial charge in [-0.05, 0) is 51.8 Å². The molecule has 1 heteroatoms. The third-order valence-electron chi connectivity index (χ3n) is 4.50. The Morgan fingerprint density at radius 1 is 0.808 bits per heavy atom. The van der Waals surface area contributed by atoms with Gasteiger partial charge in [-0.2, -0.15) is 10.0 Å². The topological polar surface area (TPSA) is 0 Å². The van der Waals surface area contributed by atoms with Gasteiger partial charge in [0.05, 0.1) is 0 Å². The van der Waals surface area contributed by atoms with Crippen LogP contribution in [0.3, 0.4) is 0 Å². The number of allylic oxidation sites excluding steroid dienone is 7. The van der Waals surface area contributed by atoms with Gasteiger partial charge >= 0.3 is 0 Å². The van der Waals surface area contributed by atoms with E-state index in [0.717, 1.165) is 18.6 Å². The number of benzene rings is 2. The number of rotatable bonds is 7. The lowest BCUT2D eigenvalue weighted by atomic mass is 10.2. The van der Waals surface area contributed by atoms with Crippen molar-refractivity contribution in [2.24, 2.45) is 0 Å². The first-order valence-electron chi connectivity index (χ1n) is 9.10. The predicted octanol–water partition coefficient (Wildman–Crippen LogP) is 7.44. The van der Waals surface area contributed by atoms with Gasteiger partial charge in [0, 0.05) is 5.75 Å². The molecule has 1 aliphatic rings. The fraction of sp³-hybridized carbons (Fsp3) is 0.120. The molecular weight excluding hydrogens is 332 g/mol. The maximum Gasteiger partial charge on any atom is 0.00757 e. The molecule has 0 nitrogen and oxygen atoms in total. The molecule has 0 saturated heterocycles. The smallest absolute Gasteiger partial charge is 0.00757 e. The summed E-state index contributed by atoms with van der Waals surface area (Å²) in [5, 5.41) is 0. The number of hydrogen-bond donors (Lipinski definition) is 0. The monoisotopic (exact) mass is 358 g/mol. The molecule has 0 saturated carbocycles. The molecule has 0 atom stereocenters. The zero-order chi connectivity index (χ0) is 18.1. The van der Waals surface area contributed by atoms with E-state index in [1.54, 1.807) is 0 Å². The molecule has 2 aromatic rings. The van der Waals surface area contributed by atoms with Crippen LogP contribution in [0.4, 0.5) is 0 Å². The van der Waals surface area contributed by atoms with E-state index in [2.05, 4.69) is 104 Å². The molecule has 26 heavy (non-hydrogen) atoms. The minimum Gasteiger partial charge on any atom is -0.157 e. The quantitative estimate of drug-likeness (QED) is 0.451. The molecular formula is C25H26S. The summed E-state index contributed by atoms with van der Waals surface area (Å²) in [6.07, 6.45) is 19.7. The van der Waals surface area contributed by atoms with Gasteiger partial charge in [0.1, 0.15) is 0 Å². The van der Waals surface area contributed by atoms with Gasteiger partial charge in [-0.3, -0.25) is 0 Å². The standard InChI is InChI=1S/C25H26S/c1-2-3-4-5-15-22-26(23-16-9-6-10-17-23,24-18-11-7-12-19-24)25-20-13-8-14-21-25/h2-7,9-13,15-21H,1,8,14,22H2/b4-3-,15-5-. The highest BCUT2D eigenvalue weighted by Crippen LogP contribution is 2.68. The van der Waals surface area contributed by atoms with E-state index in [1.165, 1.54) is 14.7 Å². The Bertz CT molecular complexity index is 783. The average molecular weight is 359 g/mol. The van der Waals surface area contributed by atoms with E-state index >= 15 is 0 Å². The SMILES string of the molecule is C=C/C=C\C=C/CS(C1=CCCC=C1)(c1ccccc1)c1ccccc1. The first-order chi connectivity index (χ1) is 12.9. The zero-order valence-corrected chi connectivity index (χ0v) is 15.9. The van der Waals surface area contributed by atoms with Crippen LogP contribution in [0.25, 0.3) is 0 Å². The zero-order valence-electron chi connectivity index (χ0n) is 15.1. The third kappa shape index (κ3) is 4.00. The lowest BCUT2D eigenvalue weighted by Gasteiger charge is -2.42. The van der Waals surface area contributed by atoms with E-state index in [-0.39, 0.29) is 0 Å². The van der Waals surface area contributed by atoms with Crippen molar-refractivity contribution < 1.29 is 0 Å². The lowest BCUT2D eigenvalue weighted by Crippen LogP contribution is -2.09. The van der Waals surface area contributed by atoms with E-state index in [9.17, 15) is 0 Å². The Morgan fingerprint density at radius 2 is 1.46 bits per heavy atom. The Labute approximate surface area is 159 Å². The summed E-state index contributed by atoms with van der Waals surface area (Å²) in [5.41, 5.74) is 0. The van der Waals surface area contributed by atoms with Crippen LogP contribution in [0.1, 0.15) is 12.8 Å². The van der Waals surface area contributed by atoms with Crippen LogP contribution in [0.15, 0.2) is 131 Å². The third-order valence-corrected chi connectivity index (χ3v) is 8.45. The predicted molar refractivity (Wildman–Crippen MR) is 117 cm³/mol. The van der Waals surface area contributed by atoms with Gasteiger partial charge in [-0.1, -0.05) is 91.6 Å². The fourth-order valence-corrected chi connectivity index (χ4v) is 7.04. The fourth-order valence-electron chi connectivity index (χ4n) is 3.27. The molecule has 1 aliphatic carbocycles. The van der Waals surface area contributed by atoms with Crippen LogP contribution in [0, 0.1) is 0 Å². The second-order valence-electron chi connectivity index (χ2n) is 6.17. The molecule has 0 fully saturated rings. The molecule has 0 aliphatic heterocycles. The van der Waals surface area contributed by atoms with Gasteiger partial charge in [0.25, 0.3) is 0 Å². The first kappa shape index (κ1) is 18.3. The van der Waals surface area contributed by atoms with Gasteiger partial charge in [-0.25, -0.2) is 0 Å². The summed E-state index contributed by atoms with van der Waals surface area (Å²) < 4.78 is 0. The molecule has 0 bridgehead atoms. The summed E-state index contributed by atoms with van der Waals surface area (Å²) in [6, 6.07) is 22.0. The van der Waals surface area contributed by atoms with E-state index in [1.807, 2.05) is 12.2 Å². The van der Waals surface area contributed by atoms with E-state index in [0.29, 0.717) is 0 Å². The summed E-state index contributed by atoms with van der Waals surface area (Å²) in [6.45, 7) is 3.74. The van der Waals surface area contributed by atoms with Crippen molar-refractivity contribution in [2.75, 3.05) is 5.75 Å². The highest BCUT2D eigenvalue weighted by atomic mass is 32.3. The first-order valence-corrected chi connectivity index (χ1v) is 10.9. The van der Waals surface area contributed by atoms with Crippen molar-refractivity contribution in [1.82, 2.24) is 0 Å². The van der Waals surface area contributed by atoms with Crippen LogP contribution in [-0.2, 0) is 0 Å². The van der Waals surface area contributed by atoms with E-state index < -0.39 is 10.0 Å². The molecule has 0 N–H and O–H groups in total. The molecule has 3 rings (SSSR count).